The molecule has 1 aromatic rings. The van der Waals surface area contributed by atoms with Gasteiger partial charge in [0.15, 0.2) is 0 Å². The summed E-state index contributed by atoms with van der Waals surface area (Å²) in [6.45, 7) is 4.63. The minimum absolute atomic E-state index is 0.134. The highest BCUT2D eigenvalue weighted by atomic mass is 35.5. The smallest absolute Gasteiger partial charge is 0.141 e. The van der Waals surface area contributed by atoms with E-state index in [0.29, 0.717) is 28.8 Å². The van der Waals surface area contributed by atoms with Crippen LogP contribution in [-0.4, -0.2) is 12.6 Å². The van der Waals surface area contributed by atoms with Gasteiger partial charge in [-0.3, -0.25) is 0 Å². The molecule has 2 N–H and O–H groups in total. The molecule has 90 valence electrons. The summed E-state index contributed by atoms with van der Waals surface area (Å²) in [4.78, 5) is 0. The maximum atomic E-state index is 6.12. The van der Waals surface area contributed by atoms with E-state index in [1.807, 2.05) is 13.0 Å². The summed E-state index contributed by atoms with van der Waals surface area (Å²) < 4.78 is 5.79. The van der Waals surface area contributed by atoms with Gasteiger partial charge in [-0.25, -0.2) is 0 Å². The number of halogens is 2. The van der Waals surface area contributed by atoms with Crippen LogP contribution in [0.3, 0.4) is 0 Å². The van der Waals surface area contributed by atoms with Crippen LogP contribution in [0.5, 0.6) is 5.75 Å². The summed E-state index contributed by atoms with van der Waals surface area (Å²) in [5, 5.41) is 1.17. The molecule has 0 spiro atoms. The Balaban J connectivity index is 3.03. The molecule has 2 nitrogen and oxygen atoms in total. The highest BCUT2D eigenvalue weighted by Gasteiger charge is 2.12. The van der Waals surface area contributed by atoms with Crippen LogP contribution in [0, 0.1) is 0 Å². The number of ether oxygens (including phenoxy) is 1. The van der Waals surface area contributed by atoms with Gasteiger partial charge in [0, 0.05) is 5.02 Å². The van der Waals surface area contributed by atoms with Gasteiger partial charge in [0.25, 0.3) is 0 Å². The van der Waals surface area contributed by atoms with Crippen LogP contribution >= 0.6 is 23.2 Å². The summed E-state index contributed by atoms with van der Waals surface area (Å²) in [6.07, 6.45) is 1.78. The van der Waals surface area contributed by atoms with Crippen LogP contribution in [0.2, 0.25) is 10.0 Å². The summed E-state index contributed by atoms with van der Waals surface area (Å²) >= 11 is 12.1. The van der Waals surface area contributed by atoms with E-state index < -0.39 is 0 Å². The lowest BCUT2D eigenvalue weighted by Gasteiger charge is -2.17. The van der Waals surface area contributed by atoms with E-state index in [-0.39, 0.29) is 6.10 Å². The van der Waals surface area contributed by atoms with Gasteiger partial charge in [0.1, 0.15) is 5.75 Å². The van der Waals surface area contributed by atoms with Crippen molar-refractivity contribution in [2.45, 2.75) is 32.8 Å². The average molecular weight is 262 g/mol. The monoisotopic (exact) mass is 261 g/mol. The predicted molar refractivity (Wildman–Crippen MR) is 69.6 cm³/mol. The second-order valence-corrected chi connectivity index (χ2v) is 4.59. The molecule has 4 heteroatoms. The molecule has 16 heavy (non-hydrogen) atoms. The van der Waals surface area contributed by atoms with E-state index in [4.69, 9.17) is 33.7 Å². The first-order chi connectivity index (χ1) is 7.58. The SMILES string of the molecule is CCC(C)Oc1c(Cl)cc(Cl)cc1CCN. The fraction of sp³-hybridized carbons (Fsp3) is 0.500. The number of rotatable bonds is 5. The number of hydrogen-bond donors (Lipinski definition) is 1. The van der Waals surface area contributed by atoms with Crippen molar-refractivity contribution >= 4 is 23.2 Å². The third-order valence-corrected chi connectivity index (χ3v) is 2.89. The summed E-state index contributed by atoms with van der Waals surface area (Å²) in [7, 11) is 0. The Morgan fingerprint density at radius 3 is 2.62 bits per heavy atom. The lowest BCUT2D eigenvalue weighted by molar-refractivity contribution is 0.215. The predicted octanol–water partition coefficient (Wildman–Crippen LogP) is 3.67. The van der Waals surface area contributed by atoms with E-state index >= 15 is 0 Å². The molecule has 1 aromatic carbocycles. The third-order valence-electron chi connectivity index (χ3n) is 2.39. The first-order valence-electron chi connectivity index (χ1n) is 5.43. The zero-order valence-corrected chi connectivity index (χ0v) is 11.1. The van der Waals surface area contributed by atoms with Crippen molar-refractivity contribution < 1.29 is 4.74 Å². The number of benzene rings is 1. The summed E-state index contributed by atoms with van der Waals surface area (Å²) in [6, 6.07) is 3.55. The Morgan fingerprint density at radius 1 is 1.38 bits per heavy atom. The van der Waals surface area contributed by atoms with Crippen LogP contribution < -0.4 is 10.5 Å². The topological polar surface area (TPSA) is 35.2 Å². The quantitative estimate of drug-likeness (QED) is 0.878. The Kier molecular flexibility index (Phi) is 5.39. The zero-order chi connectivity index (χ0) is 12.1. The van der Waals surface area contributed by atoms with Crippen molar-refractivity contribution in [2.24, 2.45) is 5.73 Å². The van der Waals surface area contributed by atoms with E-state index in [1.54, 1.807) is 6.07 Å². The molecule has 0 aliphatic heterocycles. The molecule has 0 heterocycles. The molecule has 1 atom stereocenters. The first kappa shape index (κ1) is 13.6. The second-order valence-electron chi connectivity index (χ2n) is 3.75. The zero-order valence-electron chi connectivity index (χ0n) is 9.59. The summed E-state index contributed by atoms with van der Waals surface area (Å²) in [5.74, 6) is 0.714. The first-order valence-corrected chi connectivity index (χ1v) is 6.18. The van der Waals surface area contributed by atoms with Crippen LogP contribution in [0.4, 0.5) is 0 Å². The minimum atomic E-state index is 0.134. The van der Waals surface area contributed by atoms with Crippen molar-refractivity contribution in [3.8, 4) is 5.75 Å². The van der Waals surface area contributed by atoms with Crippen LogP contribution in [0.15, 0.2) is 12.1 Å². The molecule has 0 aliphatic rings. The lowest BCUT2D eigenvalue weighted by Crippen LogP contribution is -2.13. The van der Waals surface area contributed by atoms with Gasteiger partial charge in [-0.05, 0) is 44.0 Å². The van der Waals surface area contributed by atoms with E-state index in [2.05, 4.69) is 6.92 Å². The molecule has 1 rings (SSSR count). The van der Waals surface area contributed by atoms with Gasteiger partial charge in [0.2, 0.25) is 0 Å². The van der Waals surface area contributed by atoms with Crippen molar-refractivity contribution in [2.75, 3.05) is 6.54 Å². The van der Waals surface area contributed by atoms with Gasteiger partial charge >= 0.3 is 0 Å². The molecular formula is C12H17Cl2NO. The highest BCUT2D eigenvalue weighted by Crippen LogP contribution is 2.33. The molecular weight excluding hydrogens is 245 g/mol. The lowest BCUT2D eigenvalue weighted by atomic mass is 10.1. The largest absolute Gasteiger partial charge is 0.489 e. The highest BCUT2D eigenvalue weighted by molar-refractivity contribution is 6.35. The molecule has 0 aliphatic carbocycles. The second kappa shape index (κ2) is 6.33. The number of nitrogens with two attached hydrogens (primary N) is 1. The van der Waals surface area contributed by atoms with Crippen molar-refractivity contribution in [1.29, 1.82) is 0 Å². The van der Waals surface area contributed by atoms with E-state index in [1.165, 1.54) is 0 Å². The van der Waals surface area contributed by atoms with Crippen molar-refractivity contribution in [3.63, 3.8) is 0 Å². The van der Waals surface area contributed by atoms with Crippen LogP contribution in [0.1, 0.15) is 25.8 Å². The molecule has 0 radical (unpaired) electrons. The number of hydrogen-bond acceptors (Lipinski definition) is 2. The fourth-order valence-electron chi connectivity index (χ4n) is 1.37. The van der Waals surface area contributed by atoms with Gasteiger partial charge in [-0.2, -0.15) is 0 Å². The van der Waals surface area contributed by atoms with Gasteiger partial charge in [-0.15, -0.1) is 0 Å². The standard InChI is InChI=1S/C12H17Cl2NO/c1-3-8(2)16-12-9(4-5-15)6-10(13)7-11(12)14/h6-8H,3-5,15H2,1-2H3. The molecule has 1 unspecified atom stereocenters. The van der Waals surface area contributed by atoms with Gasteiger partial charge < -0.3 is 10.5 Å². The van der Waals surface area contributed by atoms with Gasteiger partial charge in [-0.1, -0.05) is 30.1 Å². The van der Waals surface area contributed by atoms with E-state index in [0.717, 1.165) is 12.0 Å². The summed E-state index contributed by atoms with van der Waals surface area (Å²) in [5.41, 5.74) is 6.52. The Labute approximate surface area is 107 Å². The molecule has 0 bridgehead atoms. The molecule has 0 saturated carbocycles. The normalized spacial score (nSPS) is 12.6. The van der Waals surface area contributed by atoms with Crippen LogP contribution in [-0.2, 0) is 6.42 Å². The maximum absolute atomic E-state index is 6.12. The van der Waals surface area contributed by atoms with Crippen LogP contribution in [0.25, 0.3) is 0 Å². The molecule has 0 amide bonds. The Hall–Kier alpha value is -0.440. The van der Waals surface area contributed by atoms with E-state index in [9.17, 15) is 0 Å². The molecule has 0 saturated heterocycles. The van der Waals surface area contributed by atoms with Crippen molar-refractivity contribution in [1.82, 2.24) is 0 Å². The molecule has 0 aromatic heterocycles. The molecule has 0 fully saturated rings. The minimum Gasteiger partial charge on any atom is -0.489 e. The Morgan fingerprint density at radius 2 is 2.06 bits per heavy atom. The average Bonchev–Trinajstić information content (AvgIpc) is 2.23. The fourth-order valence-corrected chi connectivity index (χ4v) is 1.95. The Bertz CT molecular complexity index is 355. The maximum Gasteiger partial charge on any atom is 0.141 e. The van der Waals surface area contributed by atoms with Crippen molar-refractivity contribution in [3.05, 3.63) is 27.7 Å². The van der Waals surface area contributed by atoms with Gasteiger partial charge in [0.05, 0.1) is 11.1 Å². The third kappa shape index (κ3) is 3.55.